The van der Waals surface area contributed by atoms with Gasteiger partial charge >= 0.3 is 0 Å². The number of unbranched alkanes of at least 4 members (excludes halogenated alkanes) is 1. The Morgan fingerprint density at radius 1 is 0.750 bits per heavy atom. The smallest absolute Gasteiger partial charge is 0.195 e. The van der Waals surface area contributed by atoms with Gasteiger partial charge < -0.3 is 4.74 Å². The van der Waals surface area contributed by atoms with Gasteiger partial charge in [0.1, 0.15) is 5.75 Å². The molecule has 3 aromatic carbocycles. The molecule has 170 valence electrons. The van der Waals surface area contributed by atoms with Gasteiger partial charge in [-0.1, -0.05) is 48.9 Å². The average Bonchev–Trinajstić information content (AvgIpc) is 2.82. The fourth-order valence-electron chi connectivity index (χ4n) is 3.30. The Morgan fingerprint density at radius 3 is 1.84 bits per heavy atom. The van der Waals surface area contributed by atoms with E-state index >= 15 is 0 Å². The minimum atomic E-state index is -4.07. The largest absolute Gasteiger partial charge is 0.497 e. The zero-order valence-corrected chi connectivity index (χ0v) is 20.2. The monoisotopic (exact) mass is 490 g/mol. The van der Waals surface area contributed by atoms with E-state index < -0.39 is 24.3 Å². The van der Waals surface area contributed by atoms with E-state index in [0.717, 1.165) is 16.4 Å². The molecule has 0 N–H and O–H groups in total. The normalized spacial score (nSPS) is 12.1. The van der Waals surface area contributed by atoms with Crippen LogP contribution in [-0.4, -0.2) is 34.3 Å². The maximum absolute atomic E-state index is 13.3. The minimum Gasteiger partial charge on any atom is -0.497 e. The summed E-state index contributed by atoms with van der Waals surface area (Å²) in [6.45, 7) is 0. The quantitative estimate of drug-likeness (QED) is 0.270. The van der Waals surface area contributed by atoms with Crippen molar-refractivity contribution in [1.29, 1.82) is 0 Å². The van der Waals surface area contributed by atoms with Crippen molar-refractivity contribution in [3.63, 3.8) is 0 Å². The minimum absolute atomic E-state index is 0.0234. The molecule has 0 bridgehead atoms. The van der Waals surface area contributed by atoms with E-state index in [0.29, 0.717) is 12.8 Å². The molecule has 0 aromatic heterocycles. The molecule has 0 saturated heterocycles. The molecule has 0 spiro atoms. The molecule has 0 fully saturated rings. The van der Waals surface area contributed by atoms with Crippen molar-refractivity contribution in [2.45, 2.75) is 38.5 Å². The number of sulfone groups is 2. The molecule has 0 unspecified atom stereocenters. The third-order valence-corrected chi connectivity index (χ3v) is 11.3. The predicted molar refractivity (Wildman–Crippen MR) is 129 cm³/mol. The van der Waals surface area contributed by atoms with Crippen molar-refractivity contribution in [1.82, 2.24) is 0 Å². The summed E-state index contributed by atoms with van der Waals surface area (Å²) in [6.07, 6.45) is 1.19. The van der Waals surface area contributed by atoms with Gasteiger partial charge in [0.2, 0.25) is 0 Å². The summed E-state index contributed by atoms with van der Waals surface area (Å²) in [5.74, 6) is 1.52. The molecule has 0 heterocycles. The van der Waals surface area contributed by atoms with E-state index in [1.54, 1.807) is 55.3 Å². The molecule has 0 aliphatic rings. The summed E-state index contributed by atoms with van der Waals surface area (Å²) in [5.41, 5.74) is 0. The predicted octanol–water partition coefficient (Wildman–Crippen LogP) is 5.23. The van der Waals surface area contributed by atoms with Crippen molar-refractivity contribution in [3.8, 4) is 5.75 Å². The fraction of sp³-hybridized carbons (Fsp3) is 0.250. The van der Waals surface area contributed by atoms with E-state index in [4.69, 9.17) is 4.74 Å². The lowest BCUT2D eigenvalue weighted by Crippen LogP contribution is -2.31. The molecule has 0 atom stereocenters. The van der Waals surface area contributed by atoms with Crippen LogP contribution < -0.4 is 4.74 Å². The highest BCUT2D eigenvalue weighted by molar-refractivity contribution is 8.09. The number of benzene rings is 3. The van der Waals surface area contributed by atoms with Gasteiger partial charge in [-0.25, -0.2) is 16.8 Å². The summed E-state index contributed by atoms with van der Waals surface area (Å²) in [7, 11) is -6.52. The number of thioether (sulfide) groups is 1. The molecule has 0 amide bonds. The Balaban J connectivity index is 1.75. The van der Waals surface area contributed by atoms with Gasteiger partial charge in [-0.3, -0.25) is 0 Å². The van der Waals surface area contributed by atoms with Crippen molar-refractivity contribution in [2.24, 2.45) is 0 Å². The Kier molecular flexibility index (Phi) is 8.39. The number of methoxy groups -OCH3 is 1. The number of hydrogen-bond donors (Lipinski definition) is 0. The third-order valence-electron chi connectivity index (χ3n) is 4.98. The molecule has 0 saturated carbocycles. The maximum Gasteiger partial charge on any atom is 0.195 e. The molecule has 0 aliphatic carbocycles. The maximum atomic E-state index is 13.3. The highest BCUT2D eigenvalue weighted by Crippen LogP contribution is 2.30. The summed E-state index contributed by atoms with van der Waals surface area (Å²) in [6, 6.07) is 23.3. The van der Waals surface area contributed by atoms with Crippen LogP contribution in [0.3, 0.4) is 0 Å². The Labute approximate surface area is 194 Å². The van der Waals surface area contributed by atoms with Crippen molar-refractivity contribution >= 4 is 31.4 Å². The van der Waals surface area contributed by atoms with Crippen LogP contribution in [0.15, 0.2) is 99.6 Å². The molecular weight excluding hydrogens is 464 g/mol. The second-order valence-electron chi connectivity index (χ2n) is 7.17. The summed E-state index contributed by atoms with van der Waals surface area (Å²) in [5, 5.41) is 0. The SMILES string of the molecule is COc1cccc(SCCCCC(S(=O)(=O)c2ccccc2)S(=O)(=O)c2ccccc2)c1. The summed E-state index contributed by atoms with van der Waals surface area (Å²) < 4.78 is 56.9. The highest BCUT2D eigenvalue weighted by Gasteiger charge is 2.39. The van der Waals surface area contributed by atoms with Gasteiger partial charge in [-0.2, -0.15) is 0 Å². The van der Waals surface area contributed by atoms with Gasteiger partial charge in [-0.05, 0) is 61.1 Å². The second kappa shape index (κ2) is 11.0. The zero-order chi connectivity index (χ0) is 23.0. The van der Waals surface area contributed by atoms with Gasteiger partial charge in [-0.15, -0.1) is 11.8 Å². The fourth-order valence-corrected chi connectivity index (χ4v) is 8.89. The van der Waals surface area contributed by atoms with E-state index in [1.807, 2.05) is 24.3 Å². The van der Waals surface area contributed by atoms with Gasteiger partial charge in [0.25, 0.3) is 0 Å². The molecule has 0 aliphatic heterocycles. The van der Waals surface area contributed by atoms with Crippen LogP contribution in [0.25, 0.3) is 0 Å². The van der Waals surface area contributed by atoms with Crippen molar-refractivity contribution in [2.75, 3.05) is 12.9 Å². The molecule has 0 radical (unpaired) electrons. The van der Waals surface area contributed by atoms with Gasteiger partial charge in [0.05, 0.1) is 16.9 Å². The van der Waals surface area contributed by atoms with Crippen LogP contribution in [0.4, 0.5) is 0 Å². The summed E-state index contributed by atoms with van der Waals surface area (Å²) in [4.78, 5) is 1.10. The average molecular weight is 491 g/mol. The Bertz CT molecular complexity index is 1140. The van der Waals surface area contributed by atoms with E-state index in [9.17, 15) is 16.8 Å². The van der Waals surface area contributed by atoms with Crippen LogP contribution in [-0.2, 0) is 19.7 Å². The first-order valence-corrected chi connectivity index (χ1v) is 14.3. The lowest BCUT2D eigenvalue weighted by molar-refractivity contribution is 0.413. The number of hydrogen-bond acceptors (Lipinski definition) is 6. The van der Waals surface area contributed by atoms with E-state index in [2.05, 4.69) is 0 Å². The van der Waals surface area contributed by atoms with Crippen LogP contribution in [0.2, 0.25) is 0 Å². The zero-order valence-electron chi connectivity index (χ0n) is 17.8. The standard InChI is InChI=1S/C24H26O5S3/c1-29-20-11-10-12-21(19-20)30-18-9-8-17-24(31(25,26)22-13-4-2-5-14-22)32(27,28)23-15-6-3-7-16-23/h2-7,10-16,19,24H,8-9,17-18H2,1H3. The van der Waals surface area contributed by atoms with Crippen LogP contribution >= 0.6 is 11.8 Å². The van der Waals surface area contributed by atoms with Crippen molar-refractivity contribution in [3.05, 3.63) is 84.9 Å². The van der Waals surface area contributed by atoms with Crippen molar-refractivity contribution < 1.29 is 21.6 Å². The first-order chi connectivity index (χ1) is 15.4. The number of ether oxygens (including phenoxy) is 1. The molecular formula is C24H26O5S3. The van der Waals surface area contributed by atoms with Crippen LogP contribution in [0.1, 0.15) is 19.3 Å². The molecule has 3 rings (SSSR count). The molecule has 32 heavy (non-hydrogen) atoms. The first kappa shape index (κ1) is 24.4. The first-order valence-electron chi connectivity index (χ1n) is 10.2. The second-order valence-corrected chi connectivity index (χ2v) is 12.9. The lowest BCUT2D eigenvalue weighted by atomic mass is 10.3. The van der Waals surface area contributed by atoms with Crippen LogP contribution in [0.5, 0.6) is 5.75 Å². The summed E-state index contributed by atoms with van der Waals surface area (Å²) >= 11 is 1.63. The topological polar surface area (TPSA) is 77.5 Å². The highest BCUT2D eigenvalue weighted by atomic mass is 32.3. The van der Waals surface area contributed by atoms with E-state index in [1.165, 1.54) is 24.3 Å². The molecule has 5 nitrogen and oxygen atoms in total. The van der Waals surface area contributed by atoms with E-state index in [-0.39, 0.29) is 16.2 Å². The Hall–Kier alpha value is -2.29. The third kappa shape index (κ3) is 5.94. The van der Waals surface area contributed by atoms with Gasteiger partial charge in [0, 0.05) is 4.90 Å². The molecule has 8 heteroatoms. The molecule has 3 aromatic rings. The Morgan fingerprint density at radius 2 is 1.31 bits per heavy atom. The van der Waals surface area contributed by atoms with Crippen LogP contribution in [0, 0.1) is 0 Å². The number of rotatable bonds is 11. The lowest BCUT2D eigenvalue weighted by Gasteiger charge is -2.18. The van der Waals surface area contributed by atoms with Gasteiger partial charge in [0.15, 0.2) is 24.3 Å².